The molecule has 0 aliphatic carbocycles. The van der Waals surface area contributed by atoms with E-state index in [0.29, 0.717) is 6.42 Å². The first kappa shape index (κ1) is 16.3. The van der Waals surface area contributed by atoms with Crippen LogP contribution in [0.2, 0.25) is 0 Å². The van der Waals surface area contributed by atoms with Crippen LogP contribution in [0.1, 0.15) is 29.5 Å². The van der Waals surface area contributed by atoms with Gasteiger partial charge in [0.2, 0.25) is 5.91 Å². The molecule has 0 unspecified atom stereocenters. The molecule has 1 aromatic heterocycles. The predicted octanol–water partition coefficient (Wildman–Crippen LogP) is 3.93. The fraction of sp³-hybridized carbons (Fsp3) is 0.250. The Bertz CT molecular complexity index is 852. The van der Waals surface area contributed by atoms with Crippen LogP contribution < -0.4 is 5.32 Å². The number of aromatic nitrogens is 1. The fourth-order valence-corrected chi connectivity index (χ4v) is 2.89. The molecular weight excluding hydrogens is 300 g/mol. The summed E-state index contributed by atoms with van der Waals surface area (Å²) in [5, 5.41) is 13.4. The molecule has 0 atom stereocenters. The van der Waals surface area contributed by atoms with Crippen LogP contribution in [0.25, 0.3) is 10.9 Å². The number of nitrogens with one attached hydrogen (secondary N) is 2. The molecule has 0 spiro atoms. The van der Waals surface area contributed by atoms with E-state index in [1.54, 1.807) is 0 Å². The monoisotopic (exact) mass is 322 g/mol. The van der Waals surface area contributed by atoms with Gasteiger partial charge in [-0.3, -0.25) is 4.79 Å². The van der Waals surface area contributed by atoms with Crippen LogP contribution >= 0.6 is 0 Å². The largest absolute Gasteiger partial charge is 0.392 e. The third-order valence-electron chi connectivity index (χ3n) is 4.28. The molecule has 0 aliphatic heterocycles. The quantitative estimate of drug-likeness (QED) is 0.644. The smallest absolute Gasteiger partial charge is 0.224 e. The zero-order chi connectivity index (χ0) is 16.9. The van der Waals surface area contributed by atoms with E-state index in [-0.39, 0.29) is 12.5 Å². The molecule has 2 aromatic carbocycles. The van der Waals surface area contributed by atoms with E-state index in [1.165, 1.54) is 10.9 Å². The predicted molar refractivity (Wildman–Crippen MR) is 97.0 cm³/mol. The van der Waals surface area contributed by atoms with E-state index in [2.05, 4.69) is 22.4 Å². The van der Waals surface area contributed by atoms with Crippen molar-refractivity contribution in [2.45, 2.75) is 32.8 Å². The minimum absolute atomic E-state index is 0.00744. The van der Waals surface area contributed by atoms with Gasteiger partial charge < -0.3 is 15.4 Å². The van der Waals surface area contributed by atoms with E-state index in [9.17, 15) is 9.90 Å². The van der Waals surface area contributed by atoms with Crippen molar-refractivity contribution in [1.82, 2.24) is 4.98 Å². The van der Waals surface area contributed by atoms with Crippen LogP contribution in [0.15, 0.2) is 48.7 Å². The van der Waals surface area contributed by atoms with Gasteiger partial charge in [-0.25, -0.2) is 0 Å². The second-order valence-electron chi connectivity index (χ2n) is 6.07. The Labute approximate surface area is 141 Å². The van der Waals surface area contributed by atoms with Crippen molar-refractivity contribution in [2.75, 3.05) is 5.32 Å². The topological polar surface area (TPSA) is 65.1 Å². The van der Waals surface area contributed by atoms with Crippen LogP contribution in [0.4, 0.5) is 5.69 Å². The Morgan fingerprint density at radius 3 is 2.88 bits per heavy atom. The Morgan fingerprint density at radius 2 is 2.04 bits per heavy atom. The lowest BCUT2D eigenvalue weighted by molar-refractivity contribution is -0.116. The molecule has 0 aliphatic rings. The lowest BCUT2D eigenvalue weighted by Gasteiger charge is -2.10. The summed E-state index contributed by atoms with van der Waals surface area (Å²) in [6.07, 6.45) is 4.17. The summed E-state index contributed by atoms with van der Waals surface area (Å²) in [7, 11) is 0. The number of rotatable bonds is 6. The molecule has 0 fully saturated rings. The van der Waals surface area contributed by atoms with Crippen molar-refractivity contribution in [3.63, 3.8) is 0 Å². The first-order valence-corrected chi connectivity index (χ1v) is 8.22. The number of para-hydroxylation sites is 1. The zero-order valence-electron chi connectivity index (χ0n) is 13.8. The van der Waals surface area contributed by atoms with Gasteiger partial charge in [-0.1, -0.05) is 30.3 Å². The average Bonchev–Trinajstić information content (AvgIpc) is 3.00. The van der Waals surface area contributed by atoms with Crippen LogP contribution in [-0.2, 0) is 17.8 Å². The number of aryl methyl sites for hydroxylation is 2. The number of aliphatic hydroxyl groups excluding tert-OH is 1. The second-order valence-corrected chi connectivity index (χ2v) is 6.07. The molecule has 4 nitrogen and oxygen atoms in total. The Kier molecular flexibility index (Phi) is 4.96. The molecule has 3 aromatic rings. The lowest BCUT2D eigenvalue weighted by atomic mass is 10.1. The van der Waals surface area contributed by atoms with Gasteiger partial charge >= 0.3 is 0 Å². The second kappa shape index (κ2) is 7.32. The number of anilines is 1. The number of fused-ring (bicyclic) bond motifs is 1. The minimum Gasteiger partial charge on any atom is -0.392 e. The molecule has 0 bridgehead atoms. The Hall–Kier alpha value is -2.59. The summed E-state index contributed by atoms with van der Waals surface area (Å²) in [5.74, 6) is 0.00744. The summed E-state index contributed by atoms with van der Waals surface area (Å²) in [5.41, 5.74) is 4.95. The Balaban J connectivity index is 1.56. The van der Waals surface area contributed by atoms with Crippen molar-refractivity contribution >= 4 is 22.5 Å². The highest BCUT2D eigenvalue weighted by Crippen LogP contribution is 2.20. The maximum Gasteiger partial charge on any atom is 0.224 e. The number of aliphatic hydroxyl groups is 1. The van der Waals surface area contributed by atoms with E-state index in [1.807, 2.05) is 43.5 Å². The van der Waals surface area contributed by atoms with Crippen molar-refractivity contribution in [2.24, 2.45) is 0 Å². The van der Waals surface area contributed by atoms with Crippen LogP contribution in [0.3, 0.4) is 0 Å². The number of aromatic amines is 1. The maximum atomic E-state index is 12.2. The number of benzene rings is 2. The van der Waals surface area contributed by atoms with Crippen molar-refractivity contribution < 1.29 is 9.90 Å². The highest BCUT2D eigenvalue weighted by atomic mass is 16.3. The number of hydrogen-bond acceptors (Lipinski definition) is 2. The SMILES string of the molecule is Cc1ccc(CO)cc1NC(=O)CCCc1c[nH]c2ccccc12. The summed E-state index contributed by atoms with van der Waals surface area (Å²) in [6.45, 7) is 1.92. The molecule has 4 heteroatoms. The van der Waals surface area contributed by atoms with Gasteiger partial charge in [0.25, 0.3) is 0 Å². The number of carbonyl (C=O) groups excluding carboxylic acids is 1. The third-order valence-corrected chi connectivity index (χ3v) is 4.28. The van der Waals surface area contributed by atoms with Gasteiger partial charge in [-0.15, -0.1) is 0 Å². The summed E-state index contributed by atoms with van der Waals surface area (Å²) in [6, 6.07) is 13.8. The first-order valence-electron chi connectivity index (χ1n) is 8.22. The standard InChI is InChI=1S/C20H22N2O2/c1-14-9-10-15(13-23)11-19(14)22-20(24)8-4-5-16-12-21-18-7-3-2-6-17(16)18/h2-3,6-7,9-12,21,23H,4-5,8,13H2,1H3,(H,22,24). The molecule has 124 valence electrons. The number of hydrogen-bond donors (Lipinski definition) is 3. The molecule has 0 radical (unpaired) electrons. The van der Waals surface area contributed by atoms with E-state index < -0.39 is 0 Å². The van der Waals surface area contributed by atoms with Gasteiger partial charge in [-0.05, 0) is 48.6 Å². The first-order chi connectivity index (χ1) is 11.7. The lowest BCUT2D eigenvalue weighted by Crippen LogP contribution is -2.12. The molecule has 1 heterocycles. The van der Waals surface area contributed by atoms with Crippen LogP contribution in [-0.4, -0.2) is 16.0 Å². The number of amides is 1. The number of carbonyl (C=O) groups is 1. The zero-order valence-corrected chi connectivity index (χ0v) is 13.8. The molecular formula is C20H22N2O2. The maximum absolute atomic E-state index is 12.2. The van der Waals surface area contributed by atoms with E-state index in [0.717, 1.165) is 35.2 Å². The van der Waals surface area contributed by atoms with Gasteiger partial charge in [0.1, 0.15) is 0 Å². The van der Waals surface area contributed by atoms with E-state index >= 15 is 0 Å². The minimum atomic E-state index is -0.0241. The highest BCUT2D eigenvalue weighted by molar-refractivity contribution is 5.91. The molecule has 24 heavy (non-hydrogen) atoms. The van der Waals surface area contributed by atoms with Gasteiger partial charge in [0.15, 0.2) is 0 Å². The molecule has 3 N–H and O–H groups in total. The average molecular weight is 322 g/mol. The van der Waals surface area contributed by atoms with Crippen molar-refractivity contribution in [1.29, 1.82) is 0 Å². The van der Waals surface area contributed by atoms with Gasteiger partial charge in [-0.2, -0.15) is 0 Å². The summed E-state index contributed by atoms with van der Waals surface area (Å²) >= 11 is 0. The fourth-order valence-electron chi connectivity index (χ4n) is 2.89. The van der Waals surface area contributed by atoms with Crippen LogP contribution in [0, 0.1) is 6.92 Å². The molecule has 0 saturated carbocycles. The highest BCUT2D eigenvalue weighted by Gasteiger charge is 2.08. The summed E-state index contributed by atoms with van der Waals surface area (Å²) < 4.78 is 0. The molecule has 3 rings (SSSR count). The third kappa shape index (κ3) is 3.66. The molecule has 0 saturated heterocycles. The van der Waals surface area contributed by atoms with Crippen molar-refractivity contribution in [3.05, 3.63) is 65.4 Å². The van der Waals surface area contributed by atoms with Gasteiger partial charge in [0.05, 0.1) is 6.61 Å². The Morgan fingerprint density at radius 1 is 1.21 bits per heavy atom. The van der Waals surface area contributed by atoms with Crippen molar-refractivity contribution in [3.8, 4) is 0 Å². The van der Waals surface area contributed by atoms with E-state index in [4.69, 9.17) is 0 Å². The van der Waals surface area contributed by atoms with Crippen LogP contribution in [0.5, 0.6) is 0 Å². The van der Waals surface area contributed by atoms with Gasteiger partial charge in [0, 0.05) is 29.2 Å². The number of H-pyrrole nitrogens is 1. The normalized spacial score (nSPS) is 10.9. The summed E-state index contributed by atoms with van der Waals surface area (Å²) in [4.78, 5) is 15.4. The molecule has 1 amide bonds.